The van der Waals surface area contributed by atoms with E-state index in [2.05, 4.69) is 6.08 Å². The standard InChI is InChI=1S/C6H6S2/c7-5-6-3-1-2-4-8-6/h1-6H. The second-order valence-electron chi connectivity index (χ2n) is 1.45. The van der Waals surface area contributed by atoms with E-state index in [1.165, 1.54) is 0 Å². The van der Waals surface area contributed by atoms with Gasteiger partial charge in [0.25, 0.3) is 0 Å². The van der Waals surface area contributed by atoms with E-state index in [9.17, 15) is 0 Å². The lowest BCUT2D eigenvalue weighted by Crippen LogP contribution is -1.96. The van der Waals surface area contributed by atoms with Gasteiger partial charge in [0.15, 0.2) is 0 Å². The van der Waals surface area contributed by atoms with Gasteiger partial charge >= 0.3 is 0 Å². The lowest BCUT2D eigenvalue weighted by atomic mass is 10.4. The Balaban J connectivity index is 2.51. The molecule has 0 aromatic rings. The first-order valence-corrected chi connectivity index (χ1v) is 3.79. The van der Waals surface area contributed by atoms with Crippen LogP contribution in [0.4, 0.5) is 0 Å². The van der Waals surface area contributed by atoms with Crippen molar-refractivity contribution in [3.63, 3.8) is 0 Å². The highest BCUT2D eigenvalue weighted by molar-refractivity contribution is 8.04. The zero-order valence-electron chi connectivity index (χ0n) is 4.28. The zero-order chi connectivity index (χ0) is 5.82. The van der Waals surface area contributed by atoms with Crippen molar-refractivity contribution in [2.45, 2.75) is 5.25 Å². The van der Waals surface area contributed by atoms with E-state index in [0.29, 0.717) is 5.25 Å². The van der Waals surface area contributed by atoms with Crippen molar-refractivity contribution in [1.29, 1.82) is 0 Å². The van der Waals surface area contributed by atoms with Crippen LogP contribution in [0, 0.1) is 0 Å². The molecule has 1 atom stereocenters. The molecule has 1 aliphatic rings. The highest BCUT2D eigenvalue weighted by atomic mass is 32.2. The van der Waals surface area contributed by atoms with Gasteiger partial charge in [0, 0.05) is 0 Å². The summed E-state index contributed by atoms with van der Waals surface area (Å²) in [4.78, 5) is 0. The fraction of sp³-hybridized carbons (Fsp3) is 0.167. The minimum atomic E-state index is 0.426. The summed E-state index contributed by atoms with van der Waals surface area (Å²) in [7, 11) is 0. The monoisotopic (exact) mass is 142 g/mol. The van der Waals surface area contributed by atoms with Gasteiger partial charge in [0.05, 0.1) is 5.25 Å². The number of thioether (sulfide) groups is 1. The number of allylic oxidation sites excluding steroid dienone is 2. The van der Waals surface area contributed by atoms with E-state index in [1.54, 1.807) is 17.1 Å². The van der Waals surface area contributed by atoms with E-state index in [4.69, 9.17) is 12.2 Å². The largest absolute Gasteiger partial charge is 0.121 e. The molecule has 0 saturated carbocycles. The molecule has 0 saturated heterocycles. The molecule has 0 nitrogen and oxygen atoms in total. The van der Waals surface area contributed by atoms with E-state index in [0.717, 1.165) is 0 Å². The molecule has 0 spiro atoms. The molecule has 42 valence electrons. The first-order chi connectivity index (χ1) is 3.93. The number of hydrogen-bond acceptors (Lipinski definition) is 2. The molecule has 0 bridgehead atoms. The molecular weight excluding hydrogens is 136 g/mol. The van der Waals surface area contributed by atoms with Gasteiger partial charge in [0.2, 0.25) is 0 Å². The summed E-state index contributed by atoms with van der Waals surface area (Å²) >= 11 is 6.48. The predicted molar refractivity (Wildman–Crippen MR) is 43.3 cm³/mol. The summed E-state index contributed by atoms with van der Waals surface area (Å²) in [6.45, 7) is 0. The van der Waals surface area contributed by atoms with E-state index >= 15 is 0 Å². The molecule has 1 heterocycles. The molecule has 8 heavy (non-hydrogen) atoms. The van der Waals surface area contributed by atoms with Gasteiger partial charge in [-0.05, 0) is 10.8 Å². The molecule has 0 radical (unpaired) electrons. The minimum absolute atomic E-state index is 0.426. The topological polar surface area (TPSA) is 0 Å². The van der Waals surface area contributed by atoms with Crippen molar-refractivity contribution in [2.75, 3.05) is 0 Å². The summed E-state index contributed by atoms with van der Waals surface area (Å²) in [6, 6.07) is 0. The predicted octanol–water partition coefficient (Wildman–Crippen LogP) is 2.17. The summed E-state index contributed by atoms with van der Waals surface area (Å²) in [5.41, 5.74) is 0. The highest BCUT2D eigenvalue weighted by Crippen LogP contribution is 2.15. The molecule has 1 aliphatic heterocycles. The van der Waals surface area contributed by atoms with Crippen molar-refractivity contribution in [3.8, 4) is 0 Å². The fourth-order valence-electron chi connectivity index (χ4n) is 0.478. The molecule has 0 amide bonds. The van der Waals surface area contributed by atoms with Crippen molar-refractivity contribution < 1.29 is 0 Å². The van der Waals surface area contributed by atoms with Crippen LogP contribution in [0.3, 0.4) is 0 Å². The van der Waals surface area contributed by atoms with Crippen LogP contribution in [0.25, 0.3) is 0 Å². The Morgan fingerprint density at radius 3 is 2.75 bits per heavy atom. The average molecular weight is 142 g/mol. The maximum atomic E-state index is 4.74. The maximum absolute atomic E-state index is 4.74. The van der Waals surface area contributed by atoms with Crippen LogP contribution >= 0.6 is 24.0 Å². The van der Waals surface area contributed by atoms with Crippen LogP contribution in [-0.4, -0.2) is 10.6 Å². The summed E-state index contributed by atoms with van der Waals surface area (Å²) in [5, 5.41) is 4.24. The summed E-state index contributed by atoms with van der Waals surface area (Å²) in [5.74, 6) is 0. The Labute approximate surface area is 58.7 Å². The second kappa shape index (κ2) is 3.05. The van der Waals surface area contributed by atoms with Gasteiger partial charge in [0.1, 0.15) is 0 Å². The smallest absolute Gasteiger partial charge is 0.0554 e. The molecule has 1 unspecified atom stereocenters. The molecule has 0 N–H and O–H groups in total. The molecule has 0 aromatic heterocycles. The van der Waals surface area contributed by atoms with Gasteiger partial charge in [-0.1, -0.05) is 30.4 Å². The molecular formula is C6H6S2. The Morgan fingerprint density at radius 2 is 2.38 bits per heavy atom. The van der Waals surface area contributed by atoms with Crippen LogP contribution in [0.2, 0.25) is 0 Å². The second-order valence-corrected chi connectivity index (χ2v) is 2.81. The quantitative estimate of drug-likeness (QED) is 0.515. The van der Waals surface area contributed by atoms with Gasteiger partial charge in [-0.25, -0.2) is 0 Å². The number of thiocarbonyl (C=S) groups is 1. The van der Waals surface area contributed by atoms with E-state index in [-0.39, 0.29) is 0 Å². The lowest BCUT2D eigenvalue weighted by Gasteiger charge is -2.02. The zero-order valence-corrected chi connectivity index (χ0v) is 5.91. The fourth-order valence-corrected chi connectivity index (χ4v) is 1.37. The molecule has 2 heteroatoms. The van der Waals surface area contributed by atoms with Crippen LogP contribution in [0.15, 0.2) is 23.6 Å². The first kappa shape index (κ1) is 6.05. The van der Waals surface area contributed by atoms with Crippen molar-refractivity contribution in [2.24, 2.45) is 0 Å². The van der Waals surface area contributed by atoms with Crippen LogP contribution in [-0.2, 0) is 0 Å². The SMILES string of the molecule is S=CC1C=CC=CS1. The van der Waals surface area contributed by atoms with Crippen LogP contribution in [0.1, 0.15) is 0 Å². The van der Waals surface area contributed by atoms with Crippen LogP contribution < -0.4 is 0 Å². The first-order valence-electron chi connectivity index (χ1n) is 2.37. The Morgan fingerprint density at radius 1 is 1.50 bits per heavy atom. The molecule has 0 aromatic carbocycles. The maximum Gasteiger partial charge on any atom is 0.0554 e. The van der Waals surface area contributed by atoms with E-state index < -0.39 is 0 Å². The third kappa shape index (κ3) is 1.46. The number of hydrogen-bond donors (Lipinski definition) is 0. The van der Waals surface area contributed by atoms with Gasteiger partial charge in [-0.2, -0.15) is 0 Å². The Kier molecular flexibility index (Phi) is 2.30. The van der Waals surface area contributed by atoms with Gasteiger partial charge in [-0.15, -0.1) is 11.8 Å². The normalized spacial score (nSPS) is 25.8. The number of rotatable bonds is 1. The molecule has 0 aliphatic carbocycles. The summed E-state index contributed by atoms with van der Waals surface area (Å²) < 4.78 is 0. The third-order valence-electron chi connectivity index (χ3n) is 0.860. The highest BCUT2D eigenvalue weighted by Gasteiger charge is 1.97. The van der Waals surface area contributed by atoms with E-state index in [1.807, 2.05) is 17.6 Å². The molecule has 1 rings (SSSR count). The van der Waals surface area contributed by atoms with Crippen molar-refractivity contribution >= 4 is 29.3 Å². The van der Waals surface area contributed by atoms with Gasteiger partial charge in [-0.3, -0.25) is 0 Å². The van der Waals surface area contributed by atoms with Crippen LogP contribution in [0.5, 0.6) is 0 Å². The average Bonchev–Trinajstić information content (AvgIpc) is 1.90. The summed E-state index contributed by atoms with van der Waals surface area (Å²) in [6.07, 6.45) is 6.11. The third-order valence-corrected chi connectivity index (χ3v) is 2.25. The lowest BCUT2D eigenvalue weighted by molar-refractivity contribution is 1.58. The van der Waals surface area contributed by atoms with Crippen molar-refractivity contribution in [3.05, 3.63) is 23.6 Å². The Bertz CT molecular complexity index is 135. The van der Waals surface area contributed by atoms with Crippen molar-refractivity contribution in [1.82, 2.24) is 0 Å². The molecule has 0 fully saturated rings. The Hall–Kier alpha value is -0.0800. The van der Waals surface area contributed by atoms with Gasteiger partial charge < -0.3 is 0 Å². The minimum Gasteiger partial charge on any atom is -0.121 e.